The number of carbonyl (C=O) groups excluding carboxylic acids is 2. The molecule has 3 aromatic rings. The summed E-state index contributed by atoms with van der Waals surface area (Å²) in [6.45, 7) is 3.89. The molecule has 3 aromatic carbocycles. The van der Waals surface area contributed by atoms with Crippen molar-refractivity contribution in [1.82, 2.24) is 9.80 Å². The van der Waals surface area contributed by atoms with Gasteiger partial charge in [-0.2, -0.15) is 0 Å². The van der Waals surface area contributed by atoms with E-state index < -0.39 is 0 Å². The van der Waals surface area contributed by atoms with Crippen LogP contribution in [0.25, 0.3) is 0 Å². The van der Waals surface area contributed by atoms with E-state index in [0.717, 1.165) is 26.2 Å². The molecular formula is C27H29FN4O3. The summed E-state index contributed by atoms with van der Waals surface area (Å²) in [6.07, 6.45) is 0. The maximum atomic E-state index is 13.9. The number of anilines is 2. The Morgan fingerprint density at radius 3 is 2.23 bits per heavy atom. The van der Waals surface area contributed by atoms with E-state index in [4.69, 9.17) is 4.74 Å². The van der Waals surface area contributed by atoms with E-state index in [1.54, 1.807) is 49.6 Å². The predicted octanol–water partition coefficient (Wildman–Crippen LogP) is 3.84. The molecule has 0 aromatic heterocycles. The van der Waals surface area contributed by atoms with Crippen molar-refractivity contribution >= 4 is 23.2 Å². The third-order valence-electron chi connectivity index (χ3n) is 5.97. The van der Waals surface area contributed by atoms with E-state index in [-0.39, 0.29) is 24.2 Å². The first-order valence-electron chi connectivity index (χ1n) is 11.5. The number of methoxy groups -OCH3 is 1. The number of ether oxygens (including phenoxy) is 1. The van der Waals surface area contributed by atoms with E-state index in [0.29, 0.717) is 34.8 Å². The van der Waals surface area contributed by atoms with Crippen molar-refractivity contribution in [2.45, 2.75) is 6.54 Å². The lowest BCUT2D eigenvalue weighted by molar-refractivity contribution is -0.117. The molecule has 8 heteroatoms. The molecule has 1 aliphatic rings. The standard InChI is InChI=1S/C27H29FN4O3/c1-35-25-9-5-4-8-24(25)30-27(34)20-10-12-22(13-11-20)29-26(33)19-32-16-14-31(15-17-32)18-21-6-2-3-7-23(21)28/h2-13H,14-19H2,1H3,(H,29,33)(H,30,34). The van der Waals surface area contributed by atoms with Gasteiger partial charge in [-0.25, -0.2) is 4.39 Å². The van der Waals surface area contributed by atoms with Crippen LogP contribution in [0.15, 0.2) is 72.8 Å². The molecule has 182 valence electrons. The van der Waals surface area contributed by atoms with E-state index in [1.807, 2.05) is 24.3 Å². The molecule has 0 radical (unpaired) electrons. The zero-order valence-corrected chi connectivity index (χ0v) is 19.7. The largest absolute Gasteiger partial charge is 0.495 e. The number of amides is 2. The first-order chi connectivity index (χ1) is 17.0. The number of halogens is 1. The van der Waals surface area contributed by atoms with Crippen molar-refractivity contribution in [3.05, 3.63) is 89.7 Å². The minimum Gasteiger partial charge on any atom is -0.495 e. The number of nitrogens with zero attached hydrogens (tertiary/aromatic N) is 2. The Kier molecular flexibility index (Phi) is 8.07. The lowest BCUT2D eigenvalue weighted by atomic mass is 10.1. The van der Waals surface area contributed by atoms with Gasteiger partial charge in [0.2, 0.25) is 5.91 Å². The van der Waals surface area contributed by atoms with Gasteiger partial charge >= 0.3 is 0 Å². The first-order valence-corrected chi connectivity index (χ1v) is 11.5. The summed E-state index contributed by atoms with van der Waals surface area (Å²) in [6, 6.07) is 20.8. The van der Waals surface area contributed by atoms with Crippen molar-refractivity contribution in [3.63, 3.8) is 0 Å². The summed E-state index contributed by atoms with van der Waals surface area (Å²) in [7, 11) is 1.55. The van der Waals surface area contributed by atoms with Crippen LogP contribution in [0.1, 0.15) is 15.9 Å². The lowest BCUT2D eigenvalue weighted by Crippen LogP contribution is -2.48. The van der Waals surface area contributed by atoms with Crippen LogP contribution in [0.2, 0.25) is 0 Å². The summed E-state index contributed by atoms with van der Waals surface area (Å²) >= 11 is 0. The van der Waals surface area contributed by atoms with Crippen LogP contribution >= 0.6 is 0 Å². The van der Waals surface area contributed by atoms with Gasteiger partial charge < -0.3 is 15.4 Å². The molecule has 0 bridgehead atoms. The second-order valence-corrected chi connectivity index (χ2v) is 8.42. The molecule has 35 heavy (non-hydrogen) atoms. The number of piperazine rings is 1. The molecule has 4 rings (SSSR count). The van der Waals surface area contributed by atoms with Crippen molar-refractivity contribution < 1.29 is 18.7 Å². The molecule has 2 N–H and O–H groups in total. The average molecular weight is 477 g/mol. The Hall–Kier alpha value is -3.75. The molecule has 0 spiro atoms. The lowest BCUT2D eigenvalue weighted by Gasteiger charge is -2.34. The molecule has 7 nitrogen and oxygen atoms in total. The Morgan fingerprint density at radius 2 is 1.51 bits per heavy atom. The summed E-state index contributed by atoms with van der Waals surface area (Å²) in [4.78, 5) is 29.4. The molecule has 0 aliphatic carbocycles. The predicted molar refractivity (Wildman–Crippen MR) is 134 cm³/mol. The number of nitrogens with one attached hydrogen (secondary N) is 2. The van der Waals surface area contributed by atoms with Gasteiger partial charge in [-0.05, 0) is 42.5 Å². The molecule has 1 fully saturated rings. The van der Waals surface area contributed by atoms with Gasteiger partial charge in [0, 0.05) is 49.5 Å². The Labute approximate surface area is 204 Å². The number of hydrogen-bond acceptors (Lipinski definition) is 5. The quantitative estimate of drug-likeness (QED) is 0.517. The second kappa shape index (κ2) is 11.6. The highest BCUT2D eigenvalue weighted by Gasteiger charge is 2.20. The fourth-order valence-corrected chi connectivity index (χ4v) is 4.02. The number of rotatable bonds is 8. The van der Waals surface area contributed by atoms with E-state index >= 15 is 0 Å². The van der Waals surface area contributed by atoms with E-state index in [1.165, 1.54) is 6.07 Å². The van der Waals surface area contributed by atoms with Crippen LogP contribution in [-0.2, 0) is 11.3 Å². The van der Waals surface area contributed by atoms with Crippen molar-refractivity contribution in [2.24, 2.45) is 0 Å². The van der Waals surface area contributed by atoms with Crippen molar-refractivity contribution in [2.75, 3.05) is 50.5 Å². The number of carbonyl (C=O) groups is 2. The summed E-state index contributed by atoms with van der Waals surface area (Å²) in [5, 5.41) is 5.72. The fourth-order valence-electron chi connectivity index (χ4n) is 4.02. The van der Waals surface area contributed by atoms with Gasteiger partial charge in [0.15, 0.2) is 0 Å². The summed E-state index contributed by atoms with van der Waals surface area (Å²) in [5.41, 5.74) is 2.38. The van der Waals surface area contributed by atoms with Gasteiger partial charge in [-0.1, -0.05) is 30.3 Å². The molecule has 0 saturated carbocycles. The monoisotopic (exact) mass is 476 g/mol. The molecule has 1 saturated heterocycles. The number of benzene rings is 3. The SMILES string of the molecule is COc1ccccc1NC(=O)c1ccc(NC(=O)CN2CCN(Cc3ccccc3F)CC2)cc1. The molecule has 0 unspecified atom stereocenters. The molecular weight excluding hydrogens is 447 g/mol. The van der Waals surface area contributed by atoms with Gasteiger partial charge in [0.25, 0.3) is 5.91 Å². The molecule has 2 amide bonds. The Morgan fingerprint density at radius 1 is 0.857 bits per heavy atom. The van der Waals surface area contributed by atoms with Gasteiger partial charge in [0.05, 0.1) is 19.3 Å². The maximum Gasteiger partial charge on any atom is 0.255 e. The smallest absolute Gasteiger partial charge is 0.255 e. The number of hydrogen-bond donors (Lipinski definition) is 2. The second-order valence-electron chi connectivity index (χ2n) is 8.42. The van der Waals surface area contributed by atoms with Crippen LogP contribution in [0.5, 0.6) is 5.75 Å². The van der Waals surface area contributed by atoms with Crippen molar-refractivity contribution in [1.29, 1.82) is 0 Å². The van der Waals surface area contributed by atoms with Crippen molar-refractivity contribution in [3.8, 4) is 5.75 Å². The molecule has 1 aliphatic heterocycles. The third-order valence-corrected chi connectivity index (χ3v) is 5.97. The van der Waals surface area contributed by atoms with Crippen LogP contribution < -0.4 is 15.4 Å². The Balaban J connectivity index is 1.23. The van der Waals surface area contributed by atoms with Crippen LogP contribution in [0.3, 0.4) is 0 Å². The first kappa shape index (κ1) is 24.4. The van der Waals surface area contributed by atoms with E-state index in [9.17, 15) is 14.0 Å². The average Bonchev–Trinajstić information content (AvgIpc) is 2.87. The minimum atomic E-state index is -0.263. The minimum absolute atomic E-state index is 0.112. The summed E-state index contributed by atoms with van der Waals surface area (Å²) in [5.74, 6) is 0.0230. The fraction of sp³-hybridized carbons (Fsp3) is 0.259. The van der Waals surface area contributed by atoms with Gasteiger partial charge in [-0.3, -0.25) is 19.4 Å². The van der Waals surface area contributed by atoms with E-state index in [2.05, 4.69) is 20.4 Å². The van der Waals surface area contributed by atoms with Gasteiger partial charge in [0.1, 0.15) is 11.6 Å². The zero-order chi connectivity index (χ0) is 24.6. The highest BCUT2D eigenvalue weighted by atomic mass is 19.1. The highest BCUT2D eigenvalue weighted by molar-refractivity contribution is 6.05. The third kappa shape index (κ3) is 6.65. The normalized spacial score (nSPS) is 14.3. The zero-order valence-electron chi connectivity index (χ0n) is 19.7. The van der Waals surface area contributed by atoms with Crippen LogP contribution in [-0.4, -0.2) is 61.4 Å². The van der Waals surface area contributed by atoms with Crippen LogP contribution in [0, 0.1) is 5.82 Å². The highest BCUT2D eigenvalue weighted by Crippen LogP contribution is 2.24. The topological polar surface area (TPSA) is 73.9 Å². The van der Waals surface area contributed by atoms with Gasteiger partial charge in [-0.15, -0.1) is 0 Å². The molecule has 0 atom stereocenters. The number of para-hydroxylation sites is 2. The molecule has 1 heterocycles. The van der Waals surface area contributed by atoms with Crippen LogP contribution in [0.4, 0.5) is 15.8 Å². The summed E-state index contributed by atoms with van der Waals surface area (Å²) < 4.78 is 19.1. The Bertz CT molecular complexity index is 1160. The maximum absolute atomic E-state index is 13.9.